The molecule has 0 heterocycles. The standard InChI is InChI=1S/C14H28/c1-7-11-8-12(9-11)14(5,6)10-13(2,3)4/h11-12H,7-10H2,1-6H3. The Hall–Kier alpha value is 0. The molecule has 1 aliphatic rings. The first-order chi connectivity index (χ1) is 6.24. The molecule has 0 unspecified atom stereocenters. The predicted molar refractivity (Wildman–Crippen MR) is 64.4 cm³/mol. The Morgan fingerprint density at radius 2 is 1.50 bits per heavy atom. The van der Waals surface area contributed by atoms with Crippen LogP contribution in [0.4, 0.5) is 0 Å². The third kappa shape index (κ3) is 3.00. The highest BCUT2D eigenvalue weighted by Gasteiger charge is 2.40. The molecule has 84 valence electrons. The van der Waals surface area contributed by atoms with Crippen molar-refractivity contribution in [2.75, 3.05) is 0 Å². The van der Waals surface area contributed by atoms with E-state index in [0.29, 0.717) is 10.8 Å². The van der Waals surface area contributed by atoms with Gasteiger partial charge in [-0.15, -0.1) is 0 Å². The van der Waals surface area contributed by atoms with Gasteiger partial charge in [-0.05, 0) is 41.9 Å². The highest BCUT2D eigenvalue weighted by molar-refractivity contribution is 4.91. The van der Waals surface area contributed by atoms with Crippen LogP contribution >= 0.6 is 0 Å². The lowest BCUT2D eigenvalue weighted by Crippen LogP contribution is -2.37. The molecular formula is C14H28. The van der Waals surface area contributed by atoms with E-state index < -0.39 is 0 Å². The second-order valence-corrected chi connectivity index (χ2v) is 7.17. The van der Waals surface area contributed by atoms with Crippen molar-refractivity contribution in [2.24, 2.45) is 22.7 Å². The van der Waals surface area contributed by atoms with Crippen LogP contribution in [0.25, 0.3) is 0 Å². The van der Waals surface area contributed by atoms with E-state index in [1.165, 1.54) is 25.7 Å². The van der Waals surface area contributed by atoms with E-state index in [9.17, 15) is 0 Å². The van der Waals surface area contributed by atoms with E-state index in [1.807, 2.05) is 0 Å². The first kappa shape index (κ1) is 12.1. The zero-order valence-electron chi connectivity index (χ0n) is 11.0. The fraction of sp³-hybridized carbons (Fsp3) is 1.00. The highest BCUT2D eigenvalue weighted by Crippen LogP contribution is 2.50. The second-order valence-electron chi connectivity index (χ2n) is 7.17. The summed E-state index contributed by atoms with van der Waals surface area (Å²) in [6.07, 6.45) is 5.72. The molecule has 1 aliphatic carbocycles. The fourth-order valence-electron chi connectivity index (χ4n) is 3.22. The number of hydrogen-bond donors (Lipinski definition) is 0. The van der Waals surface area contributed by atoms with Crippen molar-refractivity contribution in [3.63, 3.8) is 0 Å². The maximum atomic E-state index is 2.47. The molecule has 0 N–H and O–H groups in total. The molecule has 0 nitrogen and oxygen atoms in total. The van der Waals surface area contributed by atoms with Crippen LogP contribution in [0.5, 0.6) is 0 Å². The van der Waals surface area contributed by atoms with Crippen molar-refractivity contribution in [3.05, 3.63) is 0 Å². The lowest BCUT2D eigenvalue weighted by Gasteiger charge is -2.47. The van der Waals surface area contributed by atoms with Gasteiger partial charge in [0.05, 0.1) is 0 Å². The van der Waals surface area contributed by atoms with Gasteiger partial charge in [-0.25, -0.2) is 0 Å². The lowest BCUT2D eigenvalue weighted by atomic mass is 9.58. The van der Waals surface area contributed by atoms with Gasteiger partial charge in [0.25, 0.3) is 0 Å². The van der Waals surface area contributed by atoms with Crippen LogP contribution in [-0.4, -0.2) is 0 Å². The van der Waals surface area contributed by atoms with Gasteiger partial charge in [0.15, 0.2) is 0 Å². The lowest BCUT2D eigenvalue weighted by molar-refractivity contribution is 0.0288. The third-order valence-electron chi connectivity index (χ3n) is 3.90. The predicted octanol–water partition coefficient (Wildman–Crippen LogP) is 4.89. The molecule has 0 amide bonds. The van der Waals surface area contributed by atoms with E-state index in [1.54, 1.807) is 0 Å². The second kappa shape index (κ2) is 3.87. The highest BCUT2D eigenvalue weighted by atomic mass is 14.5. The monoisotopic (exact) mass is 196 g/mol. The average Bonchev–Trinajstić information content (AvgIpc) is 1.76. The summed E-state index contributed by atoms with van der Waals surface area (Å²) in [5.41, 5.74) is 1.05. The molecule has 0 atom stereocenters. The molecule has 0 aromatic heterocycles. The van der Waals surface area contributed by atoms with Crippen LogP contribution < -0.4 is 0 Å². The number of hydrogen-bond acceptors (Lipinski definition) is 0. The van der Waals surface area contributed by atoms with Crippen molar-refractivity contribution in [3.8, 4) is 0 Å². The first-order valence-electron chi connectivity index (χ1n) is 6.24. The summed E-state index contributed by atoms with van der Waals surface area (Å²) < 4.78 is 0. The largest absolute Gasteiger partial charge is 0.0651 e. The Labute approximate surface area is 90.5 Å². The van der Waals surface area contributed by atoms with Gasteiger partial charge in [-0.3, -0.25) is 0 Å². The van der Waals surface area contributed by atoms with E-state index in [-0.39, 0.29) is 0 Å². The Balaban J connectivity index is 2.43. The minimum atomic E-state index is 0.487. The van der Waals surface area contributed by atoms with Gasteiger partial charge in [0.2, 0.25) is 0 Å². The molecule has 0 radical (unpaired) electrons. The van der Waals surface area contributed by atoms with Gasteiger partial charge in [-0.2, -0.15) is 0 Å². The van der Waals surface area contributed by atoms with Crippen molar-refractivity contribution < 1.29 is 0 Å². The van der Waals surface area contributed by atoms with Crippen molar-refractivity contribution >= 4 is 0 Å². The number of rotatable bonds is 3. The van der Waals surface area contributed by atoms with E-state index in [4.69, 9.17) is 0 Å². The summed E-state index contributed by atoms with van der Waals surface area (Å²) in [5.74, 6) is 2.03. The van der Waals surface area contributed by atoms with Crippen LogP contribution in [0.3, 0.4) is 0 Å². The normalized spacial score (nSPS) is 28.7. The smallest absolute Gasteiger partial charge is 0.0321 e. The van der Waals surface area contributed by atoms with Crippen molar-refractivity contribution in [1.82, 2.24) is 0 Å². The van der Waals surface area contributed by atoms with Gasteiger partial charge in [0, 0.05) is 0 Å². The molecule has 0 heteroatoms. The van der Waals surface area contributed by atoms with Crippen molar-refractivity contribution in [1.29, 1.82) is 0 Å². The minimum absolute atomic E-state index is 0.487. The SMILES string of the molecule is CCC1CC(C(C)(C)CC(C)(C)C)C1. The summed E-state index contributed by atoms with van der Waals surface area (Å²) in [6.45, 7) is 14.4. The zero-order chi connectivity index (χ0) is 11.0. The minimum Gasteiger partial charge on any atom is -0.0651 e. The van der Waals surface area contributed by atoms with Crippen LogP contribution in [0.1, 0.15) is 67.2 Å². The molecule has 1 fully saturated rings. The Morgan fingerprint density at radius 3 is 1.86 bits per heavy atom. The Morgan fingerprint density at radius 1 is 1.00 bits per heavy atom. The molecule has 1 saturated carbocycles. The van der Waals surface area contributed by atoms with E-state index in [2.05, 4.69) is 41.5 Å². The van der Waals surface area contributed by atoms with Crippen molar-refractivity contribution in [2.45, 2.75) is 67.2 Å². The van der Waals surface area contributed by atoms with Crippen LogP contribution in [0, 0.1) is 22.7 Å². The fourth-order valence-corrected chi connectivity index (χ4v) is 3.22. The summed E-state index contributed by atoms with van der Waals surface area (Å²) in [4.78, 5) is 0. The van der Waals surface area contributed by atoms with Crippen LogP contribution in [-0.2, 0) is 0 Å². The molecule has 0 aliphatic heterocycles. The average molecular weight is 196 g/mol. The van der Waals surface area contributed by atoms with Gasteiger partial charge < -0.3 is 0 Å². The van der Waals surface area contributed by atoms with Gasteiger partial charge >= 0.3 is 0 Å². The molecule has 14 heavy (non-hydrogen) atoms. The maximum absolute atomic E-state index is 2.47. The maximum Gasteiger partial charge on any atom is -0.0321 e. The molecular weight excluding hydrogens is 168 g/mol. The summed E-state index contributed by atoms with van der Waals surface area (Å²) in [6, 6.07) is 0. The summed E-state index contributed by atoms with van der Waals surface area (Å²) >= 11 is 0. The Bertz CT molecular complexity index is 177. The molecule has 0 aromatic carbocycles. The molecule has 0 aromatic rings. The van der Waals surface area contributed by atoms with E-state index in [0.717, 1.165) is 11.8 Å². The van der Waals surface area contributed by atoms with E-state index >= 15 is 0 Å². The molecule has 1 rings (SSSR count). The molecule has 0 saturated heterocycles. The molecule has 0 bridgehead atoms. The first-order valence-corrected chi connectivity index (χ1v) is 6.24. The van der Waals surface area contributed by atoms with Gasteiger partial charge in [-0.1, -0.05) is 48.0 Å². The molecule has 0 spiro atoms. The zero-order valence-corrected chi connectivity index (χ0v) is 11.0. The van der Waals surface area contributed by atoms with Crippen LogP contribution in [0.15, 0.2) is 0 Å². The topological polar surface area (TPSA) is 0 Å². The summed E-state index contributed by atoms with van der Waals surface area (Å²) in [7, 11) is 0. The van der Waals surface area contributed by atoms with Gasteiger partial charge in [0.1, 0.15) is 0 Å². The Kier molecular flexibility index (Phi) is 3.33. The summed E-state index contributed by atoms with van der Waals surface area (Å²) in [5, 5.41) is 0. The van der Waals surface area contributed by atoms with Crippen LogP contribution in [0.2, 0.25) is 0 Å². The third-order valence-corrected chi connectivity index (χ3v) is 3.90. The quantitative estimate of drug-likeness (QED) is 0.603.